The molecule has 3 rings (SSSR count). The minimum Gasteiger partial charge on any atom is -0.497 e. The summed E-state index contributed by atoms with van der Waals surface area (Å²) in [6.45, 7) is 2.40. The molecule has 2 aromatic carbocycles. The summed E-state index contributed by atoms with van der Waals surface area (Å²) in [5, 5.41) is 8.91. The molecule has 1 atom stereocenters. The van der Waals surface area contributed by atoms with Crippen molar-refractivity contribution >= 4 is 17.6 Å². The predicted octanol–water partition coefficient (Wildman–Crippen LogP) is 3.44. The van der Waals surface area contributed by atoms with Crippen molar-refractivity contribution < 1.29 is 23.8 Å². The van der Waals surface area contributed by atoms with Gasteiger partial charge in [0, 0.05) is 25.6 Å². The monoisotopic (exact) mass is 468 g/mol. The molecule has 0 saturated heterocycles. The van der Waals surface area contributed by atoms with Crippen molar-refractivity contribution in [3.05, 3.63) is 53.6 Å². The van der Waals surface area contributed by atoms with Gasteiger partial charge in [-0.05, 0) is 54.4 Å². The van der Waals surface area contributed by atoms with E-state index in [9.17, 15) is 9.59 Å². The van der Waals surface area contributed by atoms with Gasteiger partial charge in [0.1, 0.15) is 23.8 Å². The number of carbonyl (C=O) groups excluding carboxylic acids is 2. The first-order valence-corrected chi connectivity index (χ1v) is 11.2. The Morgan fingerprint density at radius 3 is 2.35 bits per heavy atom. The van der Waals surface area contributed by atoms with Crippen LogP contribution in [-0.2, 0) is 4.79 Å². The van der Waals surface area contributed by atoms with Gasteiger partial charge >= 0.3 is 6.03 Å². The molecule has 0 spiro atoms. The summed E-state index contributed by atoms with van der Waals surface area (Å²) in [4.78, 5) is 27.0. The maximum Gasteiger partial charge on any atom is 0.317 e. The lowest BCUT2D eigenvalue weighted by atomic mass is 9.97. The molecule has 3 amide bonds. The number of rotatable bonds is 9. The topological polar surface area (TPSA) is 92.7 Å². The molecule has 1 aliphatic rings. The zero-order valence-corrected chi connectivity index (χ0v) is 20.3. The van der Waals surface area contributed by atoms with Crippen LogP contribution in [0.4, 0.5) is 4.79 Å². The van der Waals surface area contributed by atoms with Crippen LogP contribution in [0.15, 0.2) is 47.6 Å². The van der Waals surface area contributed by atoms with Crippen LogP contribution in [0, 0.1) is 0 Å². The van der Waals surface area contributed by atoms with Gasteiger partial charge in [0.2, 0.25) is 0 Å². The number of likely N-dealkylation sites (N-methyl/N-ethyl adjacent to an activating group) is 1. The van der Waals surface area contributed by atoms with E-state index < -0.39 is 6.04 Å². The van der Waals surface area contributed by atoms with Crippen molar-refractivity contribution in [2.24, 2.45) is 5.10 Å². The molecule has 0 radical (unpaired) electrons. The lowest BCUT2D eigenvalue weighted by molar-refractivity contribution is -0.133. The largest absolute Gasteiger partial charge is 0.497 e. The number of ether oxygens (including phenoxy) is 3. The average molecular weight is 469 g/mol. The van der Waals surface area contributed by atoms with Crippen LogP contribution in [0.5, 0.6) is 17.2 Å². The van der Waals surface area contributed by atoms with Crippen molar-refractivity contribution in [3.8, 4) is 17.2 Å². The first-order valence-electron chi connectivity index (χ1n) is 11.2. The van der Waals surface area contributed by atoms with E-state index in [2.05, 4.69) is 10.4 Å². The molecule has 2 aromatic rings. The van der Waals surface area contributed by atoms with Gasteiger partial charge in [0.25, 0.3) is 5.91 Å². The van der Waals surface area contributed by atoms with E-state index in [1.165, 1.54) is 9.91 Å². The third kappa shape index (κ3) is 5.59. The molecule has 0 unspecified atom stereocenters. The Kier molecular flexibility index (Phi) is 8.34. The number of hydrogen-bond acceptors (Lipinski definition) is 6. The average Bonchev–Trinajstić information content (AvgIpc) is 3.32. The second-order valence-electron chi connectivity index (χ2n) is 7.93. The zero-order chi connectivity index (χ0) is 24.7. The maximum absolute atomic E-state index is 13.4. The number of methoxy groups -OCH3 is 3. The minimum atomic E-state index is -0.415. The first-order chi connectivity index (χ1) is 16.4. The molecule has 9 nitrogen and oxygen atoms in total. The number of carbonyl (C=O) groups is 2. The summed E-state index contributed by atoms with van der Waals surface area (Å²) >= 11 is 0. The van der Waals surface area contributed by atoms with Crippen molar-refractivity contribution in [1.82, 2.24) is 15.2 Å². The summed E-state index contributed by atoms with van der Waals surface area (Å²) in [7, 11) is 6.38. The number of hydrazone groups is 1. The van der Waals surface area contributed by atoms with E-state index in [0.717, 1.165) is 29.0 Å². The summed E-state index contributed by atoms with van der Waals surface area (Å²) in [6, 6.07) is 12.3. The molecule has 0 fully saturated rings. The lowest BCUT2D eigenvalue weighted by Gasteiger charge is -2.26. The quantitative estimate of drug-likeness (QED) is 0.609. The smallest absolute Gasteiger partial charge is 0.317 e. The summed E-state index contributed by atoms with van der Waals surface area (Å²) in [5.74, 6) is 1.72. The molecule has 34 heavy (non-hydrogen) atoms. The Hall–Kier alpha value is -3.75. The fraction of sp³-hybridized carbons (Fsp3) is 0.400. The maximum atomic E-state index is 13.4. The second-order valence-corrected chi connectivity index (χ2v) is 7.93. The van der Waals surface area contributed by atoms with Gasteiger partial charge in [-0.2, -0.15) is 5.10 Å². The Labute approximate surface area is 200 Å². The molecule has 0 saturated carbocycles. The SMILES string of the molecule is CCCNC(=O)N(C)CC(=O)N1N=C(c2ccc(OC)cc2)C[C@@H]1c1cc(OC)ccc1OC. The molecule has 0 bridgehead atoms. The van der Waals surface area contributed by atoms with Crippen molar-refractivity contribution in [3.63, 3.8) is 0 Å². The van der Waals surface area contributed by atoms with E-state index in [-0.39, 0.29) is 18.5 Å². The number of urea groups is 1. The number of hydrogen-bond donors (Lipinski definition) is 1. The highest BCUT2D eigenvalue weighted by Crippen LogP contribution is 2.39. The Balaban J connectivity index is 1.93. The van der Waals surface area contributed by atoms with Crippen molar-refractivity contribution in [2.75, 3.05) is 41.5 Å². The zero-order valence-electron chi connectivity index (χ0n) is 20.3. The van der Waals surface area contributed by atoms with Gasteiger partial charge in [-0.15, -0.1) is 0 Å². The molecule has 1 heterocycles. The van der Waals surface area contributed by atoms with Gasteiger partial charge in [0.05, 0.1) is 33.1 Å². The third-order valence-electron chi connectivity index (χ3n) is 5.63. The first kappa shape index (κ1) is 24.9. The van der Waals surface area contributed by atoms with E-state index in [0.29, 0.717) is 24.5 Å². The molecule has 0 aliphatic carbocycles. The van der Waals surface area contributed by atoms with E-state index in [1.54, 1.807) is 34.4 Å². The van der Waals surface area contributed by atoms with Gasteiger partial charge in [-0.25, -0.2) is 9.80 Å². The van der Waals surface area contributed by atoms with Crippen LogP contribution in [0.3, 0.4) is 0 Å². The molecule has 1 N–H and O–H groups in total. The second kappa shape index (κ2) is 11.4. The van der Waals surface area contributed by atoms with Crippen LogP contribution in [0.1, 0.15) is 36.9 Å². The van der Waals surface area contributed by atoms with Crippen LogP contribution >= 0.6 is 0 Å². The van der Waals surface area contributed by atoms with Gasteiger partial charge < -0.3 is 24.4 Å². The minimum absolute atomic E-state index is 0.113. The van der Waals surface area contributed by atoms with Crippen LogP contribution in [-0.4, -0.2) is 69.0 Å². The van der Waals surface area contributed by atoms with Crippen molar-refractivity contribution in [2.45, 2.75) is 25.8 Å². The van der Waals surface area contributed by atoms with E-state index in [1.807, 2.05) is 43.3 Å². The third-order valence-corrected chi connectivity index (χ3v) is 5.63. The summed E-state index contributed by atoms with van der Waals surface area (Å²) in [5.41, 5.74) is 2.42. The highest BCUT2D eigenvalue weighted by molar-refractivity contribution is 6.03. The standard InChI is InChI=1S/C25H32N4O5/c1-6-13-26-25(31)28(2)16-24(30)29-22(20-14-19(33-4)11-12-23(20)34-5)15-21(27-29)17-7-9-18(32-3)10-8-17/h7-12,14,22H,6,13,15-16H2,1-5H3,(H,26,31)/t22-/m1/s1. The predicted molar refractivity (Wildman–Crippen MR) is 130 cm³/mol. The highest BCUT2D eigenvalue weighted by atomic mass is 16.5. The van der Waals surface area contributed by atoms with Crippen molar-refractivity contribution in [1.29, 1.82) is 0 Å². The Bertz CT molecular complexity index is 1040. The van der Waals surface area contributed by atoms with Crippen LogP contribution in [0.2, 0.25) is 0 Å². The van der Waals surface area contributed by atoms with Crippen LogP contribution in [0.25, 0.3) is 0 Å². The number of benzene rings is 2. The number of nitrogens with one attached hydrogen (secondary N) is 1. The molecular formula is C25H32N4O5. The van der Waals surface area contributed by atoms with E-state index in [4.69, 9.17) is 14.2 Å². The van der Waals surface area contributed by atoms with Gasteiger partial charge in [-0.3, -0.25) is 4.79 Å². The molecule has 182 valence electrons. The van der Waals surface area contributed by atoms with Gasteiger partial charge in [-0.1, -0.05) is 6.92 Å². The molecule has 1 aliphatic heterocycles. The Morgan fingerprint density at radius 2 is 1.74 bits per heavy atom. The van der Waals surface area contributed by atoms with Gasteiger partial charge in [0.15, 0.2) is 0 Å². The van der Waals surface area contributed by atoms with E-state index >= 15 is 0 Å². The normalized spacial score (nSPS) is 14.9. The number of amides is 3. The summed E-state index contributed by atoms with van der Waals surface area (Å²) in [6.07, 6.45) is 1.29. The molecular weight excluding hydrogens is 436 g/mol. The Morgan fingerprint density at radius 1 is 1.06 bits per heavy atom. The highest BCUT2D eigenvalue weighted by Gasteiger charge is 2.35. The fourth-order valence-corrected chi connectivity index (χ4v) is 3.75. The molecule has 0 aromatic heterocycles. The number of nitrogens with zero attached hydrogens (tertiary/aromatic N) is 3. The summed E-state index contributed by atoms with van der Waals surface area (Å²) < 4.78 is 16.2. The lowest BCUT2D eigenvalue weighted by Crippen LogP contribution is -2.43. The van der Waals surface area contributed by atoms with Crippen LogP contribution < -0.4 is 19.5 Å². The fourth-order valence-electron chi connectivity index (χ4n) is 3.75. The molecule has 9 heteroatoms.